The minimum absolute atomic E-state index is 0.427. The van der Waals surface area contributed by atoms with Crippen molar-refractivity contribution in [3.63, 3.8) is 0 Å². The smallest absolute Gasteiger partial charge is 0.0701 e. The van der Waals surface area contributed by atoms with Crippen LogP contribution >= 0.6 is 0 Å². The van der Waals surface area contributed by atoms with Crippen molar-refractivity contribution >= 4 is 22.7 Å². The van der Waals surface area contributed by atoms with Gasteiger partial charge < -0.3 is 5.32 Å². The standard InChI is InChI=1S/C29H40N2/c1-18(2)24-13-11-14-25(19(3)4)28(24)30-22(9)17-23(10)31-29-26(20(5)6)15-12-16-27(29)21(7)8/h11-17,19-21,30H,1H2,2-10H3. The normalized spacial score (nSPS) is 12.8. The number of anilines is 1. The number of benzene rings is 2. The number of allylic oxidation sites excluding steroid dienone is 3. The average Bonchev–Trinajstić information content (AvgIpc) is 2.67. The van der Waals surface area contributed by atoms with E-state index in [-0.39, 0.29) is 0 Å². The van der Waals surface area contributed by atoms with E-state index < -0.39 is 0 Å². The molecule has 2 heteroatoms. The first-order chi connectivity index (χ1) is 14.5. The maximum atomic E-state index is 5.08. The molecule has 0 aliphatic heterocycles. The quantitative estimate of drug-likeness (QED) is 0.426. The van der Waals surface area contributed by atoms with Gasteiger partial charge in [0.25, 0.3) is 0 Å². The fourth-order valence-corrected chi connectivity index (χ4v) is 3.94. The number of rotatable bonds is 8. The van der Waals surface area contributed by atoms with E-state index in [2.05, 4.69) is 117 Å². The number of nitrogens with one attached hydrogen (secondary N) is 1. The van der Waals surface area contributed by atoms with Crippen molar-refractivity contribution in [3.8, 4) is 0 Å². The van der Waals surface area contributed by atoms with Crippen molar-refractivity contribution in [3.05, 3.63) is 77.0 Å². The second-order valence-corrected chi connectivity index (χ2v) is 9.50. The fourth-order valence-electron chi connectivity index (χ4n) is 3.94. The van der Waals surface area contributed by atoms with Gasteiger partial charge in [-0.05, 0) is 66.9 Å². The molecule has 1 N–H and O–H groups in total. The zero-order valence-electron chi connectivity index (χ0n) is 20.9. The van der Waals surface area contributed by atoms with Gasteiger partial charge in [0.1, 0.15) is 0 Å². The highest BCUT2D eigenvalue weighted by molar-refractivity contribution is 5.96. The van der Waals surface area contributed by atoms with Crippen molar-refractivity contribution in [1.82, 2.24) is 0 Å². The summed E-state index contributed by atoms with van der Waals surface area (Å²) in [5.41, 5.74) is 10.5. The van der Waals surface area contributed by atoms with E-state index in [1.54, 1.807) is 0 Å². The van der Waals surface area contributed by atoms with E-state index in [0.717, 1.165) is 28.4 Å². The molecule has 2 aromatic rings. The number of para-hydroxylation sites is 2. The molecule has 0 aliphatic carbocycles. The molecule has 0 aliphatic rings. The molecule has 0 bridgehead atoms. The molecular formula is C29H40N2. The van der Waals surface area contributed by atoms with E-state index in [1.165, 1.54) is 22.3 Å². The maximum Gasteiger partial charge on any atom is 0.0701 e. The molecule has 0 unspecified atom stereocenters. The molecule has 0 radical (unpaired) electrons. The van der Waals surface area contributed by atoms with E-state index in [0.29, 0.717) is 17.8 Å². The van der Waals surface area contributed by atoms with Crippen molar-refractivity contribution in [2.24, 2.45) is 4.99 Å². The van der Waals surface area contributed by atoms with E-state index >= 15 is 0 Å². The summed E-state index contributed by atoms with van der Waals surface area (Å²) in [6, 6.07) is 13.0. The van der Waals surface area contributed by atoms with Gasteiger partial charge in [-0.1, -0.05) is 84.5 Å². The summed E-state index contributed by atoms with van der Waals surface area (Å²) >= 11 is 0. The first-order valence-corrected chi connectivity index (χ1v) is 11.4. The lowest BCUT2D eigenvalue weighted by Gasteiger charge is -2.20. The lowest BCUT2D eigenvalue weighted by atomic mass is 9.93. The molecule has 0 amide bonds. The highest BCUT2D eigenvalue weighted by Crippen LogP contribution is 2.35. The van der Waals surface area contributed by atoms with Gasteiger partial charge in [0, 0.05) is 22.7 Å². The molecule has 31 heavy (non-hydrogen) atoms. The topological polar surface area (TPSA) is 24.4 Å². The van der Waals surface area contributed by atoms with Crippen LogP contribution in [0.3, 0.4) is 0 Å². The lowest BCUT2D eigenvalue weighted by molar-refractivity contribution is 0.834. The van der Waals surface area contributed by atoms with Gasteiger partial charge in [-0.3, -0.25) is 4.99 Å². The van der Waals surface area contributed by atoms with Crippen LogP contribution in [0.1, 0.15) is 102 Å². The predicted molar refractivity (Wildman–Crippen MR) is 140 cm³/mol. The molecule has 2 aromatic carbocycles. The second kappa shape index (κ2) is 10.6. The van der Waals surface area contributed by atoms with Crippen LogP contribution in [-0.4, -0.2) is 5.71 Å². The van der Waals surface area contributed by atoms with E-state index in [9.17, 15) is 0 Å². The summed E-state index contributed by atoms with van der Waals surface area (Å²) in [7, 11) is 0. The number of hydrogen-bond donors (Lipinski definition) is 1. The summed E-state index contributed by atoms with van der Waals surface area (Å²) in [6.45, 7) is 23.8. The van der Waals surface area contributed by atoms with Gasteiger partial charge in [-0.15, -0.1) is 0 Å². The summed E-state index contributed by atoms with van der Waals surface area (Å²) in [4.78, 5) is 5.08. The zero-order valence-corrected chi connectivity index (χ0v) is 20.9. The van der Waals surface area contributed by atoms with Crippen molar-refractivity contribution < 1.29 is 0 Å². The second-order valence-electron chi connectivity index (χ2n) is 9.50. The molecule has 0 saturated heterocycles. The third-order valence-electron chi connectivity index (χ3n) is 5.56. The Balaban J connectivity index is 2.47. The van der Waals surface area contributed by atoms with Gasteiger partial charge >= 0.3 is 0 Å². The molecule has 0 spiro atoms. The predicted octanol–water partition coefficient (Wildman–Crippen LogP) is 9.20. The first-order valence-electron chi connectivity index (χ1n) is 11.4. The Morgan fingerprint density at radius 2 is 1.29 bits per heavy atom. The molecule has 0 aromatic heterocycles. The van der Waals surface area contributed by atoms with E-state index in [1.807, 2.05) is 0 Å². The van der Waals surface area contributed by atoms with Gasteiger partial charge in [0.15, 0.2) is 0 Å². The third kappa shape index (κ3) is 6.19. The van der Waals surface area contributed by atoms with Crippen molar-refractivity contribution in [2.45, 2.75) is 80.1 Å². The van der Waals surface area contributed by atoms with Crippen LogP contribution in [0.4, 0.5) is 11.4 Å². The molecule has 2 nitrogen and oxygen atoms in total. The first kappa shape index (κ1) is 24.7. The maximum absolute atomic E-state index is 5.08. The van der Waals surface area contributed by atoms with Gasteiger partial charge in [-0.2, -0.15) is 0 Å². The Morgan fingerprint density at radius 1 is 0.806 bits per heavy atom. The highest BCUT2D eigenvalue weighted by Gasteiger charge is 2.14. The Kier molecular flexibility index (Phi) is 8.44. The van der Waals surface area contributed by atoms with Crippen molar-refractivity contribution in [1.29, 1.82) is 0 Å². The van der Waals surface area contributed by atoms with Crippen LogP contribution in [0.5, 0.6) is 0 Å². The molecule has 0 heterocycles. The minimum atomic E-state index is 0.427. The summed E-state index contributed by atoms with van der Waals surface area (Å²) < 4.78 is 0. The Morgan fingerprint density at radius 3 is 1.77 bits per heavy atom. The largest absolute Gasteiger partial charge is 0.358 e. The summed E-state index contributed by atoms with van der Waals surface area (Å²) in [5.74, 6) is 1.30. The van der Waals surface area contributed by atoms with E-state index in [4.69, 9.17) is 4.99 Å². The number of aliphatic imine (C=N–C) groups is 1. The monoisotopic (exact) mass is 416 g/mol. The average molecular weight is 417 g/mol. The van der Waals surface area contributed by atoms with Gasteiger partial charge in [-0.25, -0.2) is 0 Å². The van der Waals surface area contributed by atoms with Crippen LogP contribution < -0.4 is 5.32 Å². The zero-order chi connectivity index (χ0) is 23.3. The molecule has 0 fully saturated rings. The summed E-state index contributed by atoms with van der Waals surface area (Å²) in [6.07, 6.45) is 2.14. The minimum Gasteiger partial charge on any atom is -0.358 e. The third-order valence-corrected chi connectivity index (χ3v) is 5.56. The molecule has 166 valence electrons. The number of hydrogen-bond acceptors (Lipinski definition) is 2. The van der Waals surface area contributed by atoms with Crippen LogP contribution in [0.2, 0.25) is 0 Å². The van der Waals surface area contributed by atoms with Crippen LogP contribution in [0.15, 0.2) is 59.7 Å². The molecular weight excluding hydrogens is 376 g/mol. The number of nitrogens with zero attached hydrogens (tertiary/aromatic N) is 1. The SMILES string of the molecule is C=C(C)c1cccc(C(C)C)c1NC(C)=CC(C)=Nc1c(C(C)C)cccc1C(C)C. The van der Waals surface area contributed by atoms with Gasteiger partial charge in [0.2, 0.25) is 0 Å². The summed E-state index contributed by atoms with van der Waals surface area (Å²) in [5, 5.41) is 3.65. The van der Waals surface area contributed by atoms with Crippen LogP contribution in [0.25, 0.3) is 5.57 Å². The highest BCUT2D eigenvalue weighted by atomic mass is 14.9. The van der Waals surface area contributed by atoms with Crippen LogP contribution in [0, 0.1) is 0 Å². The van der Waals surface area contributed by atoms with Gasteiger partial charge in [0.05, 0.1) is 5.69 Å². The fraction of sp³-hybridized carbons (Fsp3) is 0.414. The Labute approximate surface area is 190 Å². The Bertz CT molecular complexity index is 962. The Hall–Kier alpha value is -2.61. The molecule has 0 saturated carbocycles. The molecule has 0 atom stereocenters. The molecule has 2 rings (SSSR count). The van der Waals surface area contributed by atoms with Crippen molar-refractivity contribution in [2.75, 3.05) is 5.32 Å². The van der Waals surface area contributed by atoms with Crippen LogP contribution in [-0.2, 0) is 0 Å². The lowest BCUT2D eigenvalue weighted by Crippen LogP contribution is -2.05.